The Balaban J connectivity index is 1.58. The first kappa shape index (κ1) is 13.9. The first-order valence-electron chi connectivity index (χ1n) is 6.99. The van der Waals surface area contributed by atoms with Gasteiger partial charge in [-0.25, -0.2) is 4.79 Å². The predicted molar refractivity (Wildman–Crippen MR) is 73.7 cm³/mol. The van der Waals surface area contributed by atoms with Gasteiger partial charge in [0.1, 0.15) is 0 Å². The van der Waals surface area contributed by atoms with E-state index in [1.807, 2.05) is 6.07 Å². The number of nitrogens with one attached hydrogen (secondary N) is 3. The summed E-state index contributed by atoms with van der Waals surface area (Å²) in [5, 5.41) is 12.3. The summed E-state index contributed by atoms with van der Waals surface area (Å²) in [4.78, 5) is 14.0. The SMILES string of the molecule is CC1CCCCN1CCNC(=O)NCc1ccn[nH]1. The number of H-pyrrole nitrogens is 1. The summed E-state index contributed by atoms with van der Waals surface area (Å²) in [5.41, 5.74) is 0.903. The van der Waals surface area contributed by atoms with Crippen molar-refractivity contribution >= 4 is 6.03 Å². The average Bonchev–Trinajstić information content (AvgIpc) is 2.92. The second kappa shape index (κ2) is 7.13. The molecule has 0 radical (unpaired) electrons. The topological polar surface area (TPSA) is 73.1 Å². The van der Waals surface area contributed by atoms with Crippen LogP contribution < -0.4 is 10.6 Å². The standard InChI is InChI=1S/C13H23N5O/c1-11-4-2-3-8-18(11)9-7-14-13(19)15-10-12-5-6-16-17-12/h5-6,11H,2-4,7-10H2,1H3,(H,16,17)(H2,14,15,19). The monoisotopic (exact) mass is 265 g/mol. The summed E-state index contributed by atoms with van der Waals surface area (Å²) in [7, 11) is 0. The number of rotatable bonds is 5. The normalized spacial score (nSPS) is 20.2. The highest BCUT2D eigenvalue weighted by Gasteiger charge is 2.17. The third-order valence-electron chi connectivity index (χ3n) is 3.62. The Bertz CT molecular complexity index is 378. The molecule has 3 N–H and O–H groups in total. The molecule has 1 unspecified atom stereocenters. The van der Waals surface area contributed by atoms with Crippen LogP contribution in [0.2, 0.25) is 0 Å². The highest BCUT2D eigenvalue weighted by atomic mass is 16.2. The van der Waals surface area contributed by atoms with E-state index in [1.165, 1.54) is 19.3 Å². The summed E-state index contributed by atoms with van der Waals surface area (Å²) in [6.07, 6.45) is 5.55. The van der Waals surface area contributed by atoms with Crippen molar-refractivity contribution in [2.75, 3.05) is 19.6 Å². The molecular weight excluding hydrogens is 242 g/mol. The van der Waals surface area contributed by atoms with Crippen LogP contribution in [-0.4, -0.2) is 46.8 Å². The number of nitrogens with zero attached hydrogens (tertiary/aromatic N) is 2. The van der Waals surface area contributed by atoms with E-state index in [0.717, 1.165) is 18.8 Å². The minimum absolute atomic E-state index is 0.126. The van der Waals surface area contributed by atoms with Gasteiger partial charge in [0.2, 0.25) is 0 Å². The minimum atomic E-state index is -0.126. The third kappa shape index (κ3) is 4.55. The summed E-state index contributed by atoms with van der Waals surface area (Å²) in [6, 6.07) is 2.36. The van der Waals surface area contributed by atoms with Crippen LogP contribution >= 0.6 is 0 Å². The van der Waals surface area contributed by atoms with Crippen molar-refractivity contribution in [3.8, 4) is 0 Å². The van der Waals surface area contributed by atoms with Gasteiger partial charge in [0.15, 0.2) is 0 Å². The zero-order valence-electron chi connectivity index (χ0n) is 11.5. The van der Waals surface area contributed by atoms with Crippen LogP contribution in [0.5, 0.6) is 0 Å². The van der Waals surface area contributed by atoms with Gasteiger partial charge in [-0.1, -0.05) is 6.42 Å². The second-order valence-electron chi connectivity index (χ2n) is 5.07. The maximum Gasteiger partial charge on any atom is 0.315 e. The number of carbonyl (C=O) groups excluding carboxylic acids is 1. The van der Waals surface area contributed by atoms with Gasteiger partial charge in [0, 0.05) is 25.3 Å². The minimum Gasteiger partial charge on any atom is -0.337 e. The molecule has 1 aromatic rings. The Kier molecular flexibility index (Phi) is 5.20. The fraction of sp³-hybridized carbons (Fsp3) is 0.692. The van der Waals surface area contributed by atoms with E-state index in [9.17, 15) is 4.79 Å². The highest BCUT2D eigenvalue weighted by molar-refractivity contribution is 5.73. The molecule has 1 aromatic heterocycles. The van der Waals surface area contributed by atoms with Gasteiger partial charge in [0.25, 0.3) is 0 Å². The molecule has 1 saturated heterocycles. The number of amides is 2. The fourth-order valence-electron chi connectivity index (χ4n) is 2.42. The molecule has 0 aromatic carbocycles. The van der Waals surface area contributed by atoms with E-state index in [-0.39, 0.29) is 6.03 Å². The average molecular weight is 265 g/mol. The van der Waals surface area contributed by atoms with E-state index in [4.69, 9.17) is 0 Å². The number of piperidine rings is 1. The van der Waals surface area contributed by atoms with Crippen molar-refractivity contribution < 1.29 is 4.79 Å². The first-order chi connectivity index (χ1) is 9.25. The van der Waals surface area contributed by atoms with Crippen LogP contribution in [0.25, 0.3) is 0 Å². The molecule has 0 aliphatic carbocycles. The fourth-order valence-corrected chi connectivity index (χ4v) is 2.42. The molecule has 2 heterocycles. The van der Waals surface area contributed by atoms with Crippen LogP contribution in [-0.2, 0) is 6.54 Å². The van der Waals surface area contributed by atoms with E-state index >= 15 is 0 Å². The smallest absolute Gasteiger partial charge is 0.315 e. The quantitative estimate of drug-likeness (QED) is 0.746. The van der Waals surface area contributed by atoms with E-state index < -0.39 is 0 Å². The molecule has 2 amide bonds. The molecule has 2 rings (SSSR count). The summed E-state index contributed by atoms with van der Waals surface area (Å²) in [6.45, 7) is 5.51. The molecule has 19 heavy (non-hydrogen) atoms. The summed E-state index contributed by atoms with van der Waals surface area (Å²) in [5.74, 6) is 0. The lowest BCUT2D eigenvalue weighted by Crippen LogP contribution is -2.44. The Labute approximate surface area is 113 Å². The Hall–Kier alpha value is -1.56. The number of likely N-dealkylation sites (tertiary alicyclic amines) is 1. The van der Waals surface area contributed by atoms with Gasteiger partial charge in [0.05, 0.1) is 12.2 Å². The largest absolute Gasteiger partial charge is 0.337 e. The molecular formula is C13H23N5O. The Morgan fingerprint density at radius 1 is 1.53 bits per heavy atom. The van der Waals surface area contributed by atoms with Crippen LogP contribution in [0, 0.1) is 0 Å². The molecule has 0 saturated carbocycles. The van der Waals surface area contributed by atoms with Gasteiger partial charge >= 0.3 is 6.03 Å². The molecule has 6 nitrogen and oxygen atoms in total. The Morgan fingerprint density at radius 3 is 3.16 bits per heavy atom. The predicted octanol–water partition coefficient (Wildman–Crippen LogP) is 1.08. The molecule has 1 aliphatic rings. The summed E-state index contributed by atoms with van der Waals surface area (Å²) >= 11 is 0. The first-order valence-corrected chi connectivity index (χ1v) is 6.99. The number of hydrogen-bond acceptors (Lipinski definition) is 3. The number of aromatic amines is 1. The molecule has 1 aliphatic heterocycles. The zero-order valence-corrected chi connectivity index (χ0v) is 11.5. The lowest BCUT2D eigenvalue weighted by atomic mass is 10.0. The Morgan fingerprint density at radius 2 is 2.42 bits per heavy atom. The van der Waals surface area contributed by atoms with Gasteiger partial charge in [-0.2, -0.15) is 5.10 Å². The van der Waals surface area contributed by atoms with E-state index in [1.54, 1.807) is 6.20 Å². The number of hydrogen-bond donors (Lipinski definition) is 3. The molecule has 0 bridgehead atoms. The van der Waals surface area contributed by atoms with Crippen molar-refractivity contribution in [2.24, 2.45) is 0 Å². The van der Waals surface area contributed by atoms with Crippen LogP contribution in [0.4, 0.5) is 4.79 Å². The van der Waals surface area contributed by atoms with Crippen LogP contribution in [0.15, 0.2) is 12.3 Å². The van der Waals surface area contributed by atoms with Crippen LogP contribution in [0.1, 0.15) is 31.9 Å². The molecule has 106 valence electrons. The van der Waals surface area contributed by atoms with Crippen LogP contribution in [0.3, 0.4) is 0 Å². The van der Waals surface area contributed by atoms with Gasteiger partial charge < -0.3 is 10.6 Å². The zero-order chi connectivity index (χ0) is 13.5. The van der Waals surface area contributed by atoms with Crippen molar-refractivity contribution in [1.82, 2.24) is 25.7 Å². The van der Waals surface area contributed by atoms with Gasteiger partial charge in [-0.3, -0.25) is 10.00 Å². The van der Waals surface area contributed by atoms with E-state index in [0.29, 0.717) is 19.1 Å². The molecule has 1 fully saturated rings. The lowest BCUT2D eigenvalue weighted by Gasteiger charge is -2.33. The second-order valence-corrected chi connectivity index (χ2v) is 5.07. The van der Waals surface area contributed by atoms with E-state index in [2.05, 4.69) is 32.7 Å². The number of carbonyl (C=O) groups is 1. The maximum absolute atomic E-state index is 11.6. The molecule has 6 heteroatoms. The maximum atomic E-state index is 11.6. The summed E-state index contributed by atoms with van der Waals surface area (Å²) < 4.78 is 0. The highest BCUT2D eigenvalue weighted by Crippen LogP contribution is 2.15. The number of urea groups is 1. The van der Waals surface area contributed by atoms with Gasteiger partial charge in [-0.15, -0.1) is 0 Å². The van der Waals surface area contributed by atoms with Crippen molar-refractivity contribution in [3.63, 3.8) is 0 Å². The van der Waals surface area contributed by atoms with Crippen molar-refractivity contribution in [2.45, 2.75) is 38.8 Å². The molecule has 1 atom stereocenters. The lowest BCUT2D eigenvalue weighted by molar-refractivity contribution is 0.161. The number of aromatic nitrogens is 2. The molecule has 0 spiro atoms. The third-order valence-corrected chi connectivity index (χ3v) is 3.62. The van der Waals surface area contributed by atoms with Crippen molar-refractivity contribution in [3.05, 3.63) is 18.0 Å². The van der Waals surface area contributed by atoms with Gasteiger partial charge in [-0.05, 0) is 32.4 Å². The van der Waals surface area contributed by atoms with Crippen molar-refractivity contribution in [1.29, 1.82) is 0 Å².